The van der Waals surface area contributed by atoms with E-state index in [0.29, 0.717) is 11.0 Å². The highest BCUT2D eigenvalue weighted by Crippen LogP contribution is 2.27. The molecule has 0 saturated carbocycles. The normalized spacial score (nSPS) is 25.3. The van der Waals surface area contributed by atoms with Crippen LogP contribution >= 0.6 is 11.3 Å². The number of nitrogens with zero attached hydrogens (tertiary/aromatic N) is 3. The molecule has 2 saturated heterocycles. The van der Waals surface area contributed by atoms with Gasteiger partial charge in [-0.2, -0.15) is 0 Å². The van der Waals surface area contributed by atoms with E-state index in [2.05, 4.69) is 15.2 Å². The second-order valence-electron chi connectivity index (χ2n) is 6.00. The molecule has 2 atom stereocenters. The number of amides is 1. The maximum atomic E-state index is 12.5. The number of rotatable bonds is 2. The van der Waals surface area contributed by atoms with Crippen LogP contribution in [-0.4, -0.2) is 45.4 Å². The number of hydrogen-bond acceptors (Lipinski definition) is 5. The molecule has 22 heavy (non-hydrogen) atoms. The summed E-state index contributed by atoms with van der Waals surface area (Å²) in [5, 5.41) is 4.86. The van der Waals surface area contributed by atoms with Crippen LogP contribution in [0.4, 0.5) is 0 Å². The van der Waals surface area contributed by atoms with E-state index in [9.17, 15) is 9.59 Å². The summed E-state index contributed by atoms with van der Waals surface area (Å²) < 4.78 is 1.43. The first kappa shape index (κ1) is 13.9. The van der Waals surface area contributed by atoms with E-state index in [1.54, 1.807) is 11.6 Å². The molecular formula is C15H18N4O2S. The van der Waals surface area contributed by atoms with Crippen molar-refractivity contribution in [2.75, 3.05) is 13.1 Å². The molecule has 0 aliphatic carbocycles. The number of nitrogens with one attached hydrogen (secondary N) is 1. The molecule has 0 radical (unpaired) electrons. The van der Waals surface area contributed by atoms with Gasteiger partial charge in [-0.15, -0.1) is 11.3 Å². The molecule has 6 nitrogen and oxygen atoms in total. The summed E-state index contributed by atoms with van der Waals surface area (Å²) in [6, 6.07) is 0.577. The minimum Gasteiger partial charge on any atom is -0.347 e. The fraction of sp³-hybridized carbons (Fsp3) is 0.533. The largest absolute Gasteiger partial charge is 0.347 e. The quantitative estimate of drug-likeness (QED) is 0.901. The van der Waals surface area contributed by atoms with Gasteiger partial charge in [0.05, 0.1) is 0 Å². The van der Waals surface area contributed by atoms with Gasteiger partial charge in [0, 0.05) is 36.4 Å². The molecular weight excluding hydrogens is 300 g/mol. The minimum absolute atomic E-state index is 0.130. The Labute approximate surface area is 131 Å². The van der Waals surface area contributed by atoms with Gasteiger partial charge in [0.1, 0.15) is 5.56 Å². The van der Waals surface area contributed by atoms with Crippen molar-refractivity contribution in [2.45, 2.75) is 37.8 Å². The number of aromatic nitrogens is 2. The standard InChI is InChI=1S/C15H18N4O2S/c20-13(10-9-16-15-19(14(10)21)7-8-22-15)17-11-4-6-18-5-2-1-3-12(11)18/h7-9,11-12H,1-6H2,(H,17,20). The topological polar surface area (TPSA) is 66.7 Å². The van der Waals surface area contributed by atoms with Gasteiger partial charge >= 0.3 is 0 Å². The lowest BCUT2D eigenvalue weighted by Gasteiger charge is -2.32. The van der Waals surface area contributed by atoms with Gasteiger partial charge in [0.25, 0.3) is 11.5 Å². The lowest BCUT2D eigenvalue weighted by molar-refractivity contribution is 0.0913. The summed E-state index contributed by atoms with van der Waals surface area (Å²) >= 11 is 1.38. The smallest absolute Gasteiger partial charge is 0.271 e. The Morgan fingerprint density at radius 1 is 1.32 bits per heavy atom. The van der Waals surface area contributed by atoms with Crippen LogP contribution in [0.3, 0.4) is 0 Å². The van der Waals surface area contributed by atoms with Crippen molar-refractivity contribution in [3.8, 4) is 0 Å². The second-order valence-corrected chi connectivity index (χ2v) is 6.87. The van der Waals surface area contributed by atoms with Crippen LogP contribution in [0.2, 0.25) is 0 Å². The Kier molecular flexibility index (Phi) is 3.46. The van der Waals surface area contributed by atoms with Crippen molar-refractivity contribution in [1.29, 1.82) is 0 Å². The first-order chi connectivity index (χ1) is 10.7. The molecule has 2 fully saturated rings. The van der Waals surface area contributed by atoms with Crippen LogP contribution in [0.5, 0.6) is 0 Å². The average molecular weight is 318 g/mol. The van der Waals surface area contributed by atoms with Crippen LogP contribution in [-0.2, 0) is 0 Å². The number of fused-ring (bicyclic) bond motifs is 2. The molecule has 1 amide bonds. The maximum Gasteiger partial charge on any atom is 0.271 e. The van der Waals surface area contributed by atoms with Crippen molar-refractivity contribution in [3.63, 3.8) is 0 Å². The highest BCUT2D eigenvalue weighted by molar-refractivity contribution is 7.15. The monoisotopic (exact) mass is 318 g/mol. The molecule has 4 heterocycles. The van der Waals surface area contributed by atoms with Crippen LogP contribution in [0, 0.1) is 0 Å². The summed E-state index contributed by atoms with van der Waals surface area (Å²) in [4.78, 5) is 32.1. The highest BCUT2D eigenvalue weighted by Gasteiger charge is 2.36. The van der Waals surface area contributed by atoms with Crippen molar-refractivity contribution in [3.05, 3.63) is 33.7 Å². The van der Waals surface area contributed by atoms with Crippen molar-refractivity contribution in [1.82, 2.24) is 19.6 Å². The van der Waals surface area contributed by atoms with Crippen LogP contribution < -0.4 is 10.9 Å². The lowest BCUT2D eigenvalue weighted by Crippen LogP contribution is -2.47. The Balaban J connectivity index is 1.56. The average Bonchev–Trinajstić information content (AvgIpc) is 3.15. The minimum atomic E-state index is -0.296. The van der Waals surface area contributed by atoms with Crippen LogP contribution in [0.1, 0.15) is 36.0 Å². The van der Waals surface area contributed by atoms with Gasteiger partial charge in [0.15, 0.2) is 4.96 Å². The van der Waals surface area contributed by atoms with Gasteiger partial charge in [-0.1, -0.05) is 6.42 Å². The zero-order chi connectivity index (χ0) is 15.1. The number of hydrogen-bond donors (Lipinski definition) is 1. The van der Waals surface area contributed by atoms with E-state index in [4.69, 9.17) is 0 Å². The zero-order valence-corrected chi connectivity index (χ0v) is 13.0. The molecule has 0 aromatic carbocycles. The summed E-state index contributed by atoms with van der Waals surface area (Å²) in [5.74, 6) is -0.296. The third-order valence-corrected chi connectivity index (χ3v) is 5.53. The first-order valence-electron chi connectivity index (χ1n) is 7.74. The van der Waals surface area contributed by atoms with Crippen molar-refractivity contribution < 1.29 is 4.79 Å². The molecule has 4 rings (SSSR count). The SMILES string of the molecule is O=C(NC1CCN2CCCCC12)c1cnc2sccn2c1=O. The van der Waals surface area contributed by atoms with E-state index in [-0.39, 0.29) is 23.1 Å². The molecule has 2 unspecified atom stereocenters. The van der Waals surface area contributed by atoms with Crippen LogP contribution in [0.15, 0.2) is 22.6 Å². The fourth-order valence-corrected chi connectivity index (χ4v) is 4.32. The molecule has 1 N–H and O–H groups in total. The van der Waals surface area contributed by atoms with Gasteiger partial charge in [-0.05, 0) is 25.8 Å². The maximum absolute atomic E-state index is 12.5. The molecule has 2 aliphatic rings. The molecule has 0 bridgehead atoms. The number of piperidine rings is 1. The van der Waals surface area contributed by atoms with Crippen LogP contribution in [0.25, 0.3) is 4.96 Å². The molecule has 2 aliphatic heterocycles. The number of thiazole rings is 1. The third-order valence-electron chi connectivity index (χ3n) is 4.76. The summed E-state index contributed by atoms with van der Waals surface area (Å²) in [5.41, 5.74) is -0.160. The number of carbonyl (C=O) groups is 1. The fourth-order valence-electron chi connectivity index (χ4n) is 3.64. The summed E-state index contributed by atoms with van der Waals surface area (Å²) in [7, 11) is 0. The Hall–Kier alpha value is -1.73. The molecule has 7 heteroatoms. The summed E-state index contributed by atoms with van der Waals surface area (Å²) in [6.07, 6.45) is 7.62. The lowest BCUT2D eigenvalue weighted by atomic mass is 9.99. The van der Waals surface area contributed by atoms with Gasteiger partial charge < -0.3 is 5.32 Å². The van der Waals surface area contributed by atoms with Crippen molar-refractivity contribution >= 4 is 22.2 Å². The molecule has 2 aromatic rings. The van der Waals surface area contributed by atoms with E-state index >= 15 is 0 Å². The number of carbonyl (C=O) groups excluding carboxylic acids is 1. The second kappa shape index (κ2) is 5.48. The molecule has 0 spiro atoms. The zero-order valence-electron chi connectivity index (χ0n) is 12.2. The van der Waals surface area contributed by atoms with Gasteiger partial charge in [-0.25, -0.2) is 4.98 Å². The molecule has 116 valence electrons. The Bertz CT molecular complexity index is 768. The predicted octanol–water partition coefficient (Wildman–Crippen LogP) is 1.11. The Morgan fingerprint density at radius 2 is 2.23 bits per heavy atom. The van der Waals surface area contributed by atoms with E-state index in [1.165, 1.54) is 34.8 Å². The van der Waals surface area contributed by atoms with E-state index < -0.39 is 0 Å². The predicted molar refractivity (Wildman–Crippen MR) is 84.4 cm³/mol. The van der Waals surface area contributed by atoms with E-state index in [1.807, 2.05) is 0 Å². The van der Waals surface area contributed by atoms with Gasteiger partial charge in [-0.3, -0.25) is 18.9 Å². The third kappa shape index (κ3) is 2.24. The first-order valence-corrected chi connectivity index (χ1v) is 8.62. The Morgan fingerprint density at radius 3 is 3.14 bits per heavy atom. The molecule has 2 aromatic heterocycles. The van der Waals surface area contributed by atoms with E-state index in [0.717, 1.165) is 25.9 Å². The summed E-state index contributed by atoms with van der Waals surface area (Å²) in [6.45, 7) is 2.17. The highest BCUT2D eigenvalue weighted by atomic mass is 32.1. The van der Waals surface area contributed by atoms with Gasteiger partial charge in [0.2, 0.25) is 0 Å². The van der Waals surface area contributed by atoms with Crippen molar-refractivity contribution in [2.24, 2.45) is 0 Å².